The van der Waals surface area contributed by atoms with E-state index in [1.54, 1.807) is 13.8 Å². The molecule has 0 saturated carbocycles. The molecule has 0 spiro atoms. The first-order valence-corrected chi connectivity index (χ1v) is 6.31. The summed E-state index contributed by atoms with van der Waals surface area (Å²) in [4.78, 5) is 12.8. The topological polar surface area (TPSA) is 61.8 Å². The Balaban J connectivity index is 2.12. The van der Waals surface area contributed by atoms with Gasteiger partial charge in [0.1, 0.15) is 5.72 Å². The smallest absolute Gasteiger partial charge is 0.410 e. The Kier molecular flexibility index (Phi) is 3.41. The molecule has 5 nitrogen and oxygen atoms in total. The molecule has 1 aromatic rings. The molecule has 1 aliphatic heterocycles. The lowest BCUT2D eigenvalue weighted by Crippen LogP contribution is -2.56. The highest BCUT2D eigenvalue weighted by atomic mass is 16.5. The Morgan fingerprint density at radius 3 is 2.58 bits per heavy atom. The third-order valence-electron chi connectivity index (χ3n) is 3.45. The number of nitrogens with one attached hydrogen (secondary N) is 1. The number of rotatable bonds is 3. The van der Waals surface area contributed by atoms with Crippen molar-refractivity contribution in [3.8, 4) is 0 Å². The largest absolute Gasteiger partial charge is 0.465 e. The molecule has 1 amide bonds. The minimum atomic E-state index is -0.958. The van der Waals surface area contributed by atoms with Gasteiger partial charge in [-0.15, -0.1) is 0 Å². The van der Waals surface area contributed by atoms with Crippen LogP contribution in [0.1, 0.15) is 20.8 Å². The first kappa shape index (κ1) is 13.7. The first-order valence-electron chi connectivity index (χ1n) is 6.31. The number of anilines is 1. The van der Waals surface area contributed by atoms with Crippen LogP contribution in [0.2, 0.25) is 0 Å². The highest BCUT2D eigenvalue weighted by Gasteiger charge is 2.51. The summed E-state index contributed by atoms with van der Waals surface area (Å²) in [6, 6.07) is 9.73. The predicted octanol–water partition coefficient (Wildman–Crippen LogP) is 2.60. The van der Waals surface area contributed by atoms with Gasteiger partial charge in [-0.25, -0.2) is 4.79 Å². The van der Waals surface area contributed by atoms with Crippen LogP contribution in [0.25, 0.3) is 0 Å². The molecule has 104 valence electrons. The van der Waals surface area contributed by atoms with Gasteiger partial charge >= 0.3 is 6.09 Å². The van der Waals surface area contributed by atoms with Crippen LogP contribution in [0.3, 0.4) is 0 Å². The van der Waals surface area contributed by atoms with Crippen LogP contribution in [0.4, 0.5) is 10.5 Å². The fourth-order valence-electron chi connectivity index (χ4n) is 2.55. The Morgan fingerprint density at radius 2 is 2.00 bits per heavy atom. The van der Waals surface area contributed by atoms with Gasteiger partial charge in [0.25, 0.3) is 0 Å². The zero-order valence-corrected chi connectivity index (χ0v) is 11.5. The lowest BCUT2D eigenvalue weighted by Gasteiger charge is -2.37. The van der Waals surface area contributed by atoms with E-state index in [1.165, 1.54) is 4.90 Å². The van der Waals surface area contributed by atoms with E-state index in [0.717, 1.165) is 5.69 Å². The number of carbonyl (C=O) groups is 1. The molecule has 1 aliphatic rings. The van der Waals surface area contributed by atoms with E-state index in [2.05, 4.69) is 5.32 Å². The monoisotopic (exact) mass is 264 g/mol. The molecule has 0 aliphatic carbocycles. The van der Waals surface area contributed by atoms with Crippen molar-refractivity contribution in [3.63, 3.8) is 0 Å². The molecule has 0 radical (unpaired) electrons. The highest BCUT2D eigenvalue weighted by molar-refractivity contribution is 5.67. The van der Waals surface area contributed by atoms with E-state index in [1.807, 2.05) is 37.3 Å². The number of carboxylic acid groups (broad SMARTS) is 1. The standard InChI is InChI=1S/C14H20N2O3/c1-13(2)16(12(17)18)14(3,10-19-13)9-15-11-7-5-4-6-8-11/h4-8,15H,9-10H2,1-3H3,(H,17,18)/t14-/m0/s1. The lowest BCUT2D eigenvalue weighted by molar-refractivity contribution is -0.0455. The van der Waals surface area contributed by atoms with Crippen molar-refractivity contribution < 1.29 is 14.6 Å². The van der Waals surface area contributed by atoms with Crippen molar-refractivity contribution in [2.24, 2.45) is 0 Å². The van der Waals surface area contributed by atoms with E-state index in [9.17, 15) is 9.90 Å². The van der Waals surface area contributed by atoms with Crippen LogP contribution in [0.15, 0.2) is 30.3 Å². The second kappa shape index (κ2) is 4.74. The first-order chi connectivity index (χ1) is 8.85. The number of amides is 1. The van der Waals surface area contributed by atoms with E-state index >= 15 is 0 Å². The number of hydrogen-bond donors (Lipinski definition) is 2. The van der Waals surface area contributed by atoms with Gasteiger partial charge in [0.15, 0.2) is 0 Å². The second-order valence-corrected chi connectivity index (χ2v) is 5.57. The van der Waals surface area contributed by atoms with Crippen molar-refractivity contribution in [2.45, 2.75) is 32.0 Å². The summed E-state index contributed by atoms with van der Waals surface area (Å²) in [7, 11) is 0. The number of benzene rings is 1. The average molecular weight is 264 g/mol. The molecule has 1 fully saturated rings. The zero-order valence-electron chi connectivity index (χ0n) is 11.5. The van der Waals surface area contributed by atoms with Gasteiger partial charge in [0, 0.05) is 12.2 Å². The molecule has 0 aromatic heterocycles. The molecule has 19 heavy (non-hydrogen) atoms. The van der Waals surface area contributed by atoms with Gasteiger partial charge < -0.3 is 15.2 Å². The normalized spacial score (nSPS) is 25.3. The zero-order chi connectivity index (χ0) is 14.1. The summed E-state index contributed by atoms with van der Waals surface area (Å²) in [6.45, 7) is 6.33. The van der Waals surface area contributed by atoms with Gasteiger partial charge in [0.05, 0.1) is 12.1 Å². The molecule has 1 aromatic carbocycles. The van der Waals surface area contributed by atoms with Gasteiger partial charge in [-0.05, 0) is 32.9 Å². The number of hydrogen-bond acceptors (Lipinski definition) is 3. The Hall–Kier alpha value is -1.75. The maximum absolute atomic E-state index is 11.5. The van der Waals surface area contributed by atoms with E-state index in [4.69, 9.17) is 4.74 Å². The molecule has 1 heterocycles. The van der Waals surface area contributed by atoms with Gasteiger partial charge in [-0.1, -0.05) is 18.2 Å². The van der Waals surface area contributed by atoms with Gasteiger partial charge in [0.2, 0.25) is 0 Å². The van der Waals surface area contributed by atoms with E-state index in [-0.39, 0.29) is 0 Å². The third-order valence-corrected chi connectivity index (χ3v) is 3.45. The maximum atomic E-state index is 11.5. The van der Waals surface area contributed by atoms with Crippen LogP contribution in [-0.2, 0) is 4.74 Å². The maximum Gasteiger partial charge on any atom is 0.410 e. The van der Waals surface area contributed by atoms with Gasteiger partial charge in [-0.3, -0.25) is 4.90 Å². The Bertz CT molecular complexity index is 461. The Morgan fingerprint density at radius 1 is 1.37 bits per heavy atom. The van der Waals surface area contributed by atoms with Crippen LogP contribution >= 0.6 is 0 Å². The third kappa shape index (κ3) is 2.66. The summed E-state index contributed by atoms with van der Waals surface area (Å²) < 4.78 is 5.62. The van der Waals surface area contributed by atoms with E-state index < -0.39 is 17.4 Å². The molecule has 5 heteroatoms. The molecule has 2 rings (SSSR count). The lowest BCUT2D eigenvalue weighted by atomic mass is 10.0. The fourth-order valence-corrected chi connectivity index (χ4v) is 2.55. The number of para-hydroxylation sites is 1. The SMILES string of the molecule is CC1(C)OC[C@](C)(CNc2ccccc2)N1C(=O)O. The molecule has 1 atom stereocenters. The summed E-state index contributed by atoms with van der Waals surface area (Å²) in [6.07, 6.45) is -0.958. The molecule has 0 unspecified atom stereocenters. The van der Waals surface area contributed by atoms with Crippen molar-refractivity contribution in [1.82, 2.24) is 4.90 Å². The molecular formula is C14H20N2O3. The Labute approximate surface area is 113 Å². The minimum absolute atomic E-state index is 0.381. The van der Waals surface area contributed by atoms with Crippen LogP contribution in [-0.4, -0.2) is 40.5 Å². The van der Waals surface area contributed by atoms with Crippen molar-refractivity contribution in [2.75, 3.05) is 18.5 Å². The highest BCUT2D eigenvalue weighted by Crippen LogP contribution is 2.35. The fraction of sp³-hybridized carbons (Fsp3) is 0.500. The quantitative estimate of drug-likeness (QED) is 0.881. The summed E-state index contributed by atoms with van der Waals surface area (Å²) in [5.74, 6) is 0. The van der Waals surface area contributed by atoms with Crippen LogP contribution < -0.4 is 5.32 Å². The molecular weight excluding hydrogens is 244 g/mol. The van der Waals surface area contributed by atoms with Gasteiger partial charge in [-0.2, -0.15) is 0 Å². The average Bonchev–Trinajstić information content (AvgIpc) is 2.59. The second-order valence-electron chi connectivity index (χ2n) is 5.57. The van der Waals surface area contributed by atoms with Crippen molar-refractivity contribution >= 4 is 11.8 Å². The van der Waals surface area contributed by atoms with Crippen LogP contribution in [0.5, 0.6) is 0 Å². The van der Waals surface area contributed by atoms with E-state index in [0.29, 0.717) is 13.2 Å². The molecule has 0 bridgehead atoms. The summed E-state index contributed by atoms with van der Waals surface area (Å²) in [5, 5.41) is 12.7. The van der Waals surface area contributed by atoms with Crippen LogP contribution in [0, 0.1) is 0 Å². The minimum Gasteiger partial charge on any atom is -0.465 e. The predicted molar refractivity (Wildman–Crippen MR) is 73.2 cm³/mol. The van der Waals surface area contributed by atoms with Crippen molar-refractivity contribution in [1.29, 1.82) is 0 Å². The number of nitrogens with zero attached hydrogens (tertiary/aromatic N) is 1. The van der Waals surface area contributed by atoms with Crippen molar-refractivity contribution in [3.05, 3.63) is 30.3 Å². The molecule has 1 saturated heterocycles. The molecule has 2 N–H and O–H groups in total. The summed E-state index contributed by atoms with van der Waals surface area (Å²) >= 11 is 0. The summed E-state index contributed by atoms with van der Waals surface area (Å²) in [5.41, 5.74) is -0.400. The number of ether oxygens (including phenoxy) is 1.